The molecule has 0 aromatic heterocycles. The SMILES string of the molecule is Cc1cc(N=Cc2ccc(OCc3ccc(Br)cc3Br)cc2)cc([N+](=O)[O-])c1C. The van der Waals surface area contributed by atoms with Gasteiger partial charge in [-0.1, -0.05) is 37.9 Å². The Bertz CT molecular complexity index is 1080. The molecule has 0 aliphatic heterocycles. The van der Waals surface area contributed by atoms with Crippen molar-refractivity contribution >= 4 is 49.4 Å². The van der Waals surface area contributed by atoms with Gasteiger partial charge in [-0.3, -0.25) is 15.1 Å². The summed E-state index contributed by atoms with van der Waals surface area (Å²) in [5, 5.41) is 11.2. The summed E-state index contributed by atoms with van der Waals surface area (Å²) in [5.74, 6) is 0.749. The summed E-state index contributed by atoms with van der Waals surface area (Å²) in [6.45, 7) is 4.04. The van der Waals surface area contributed by atoms with E-state index in [2.05, 4.69) is 36.9 Å². The Labute approximate surface area is 185 Å². The fourth-order valence-electron chi connectivity index (χ4n) is 2.69. The zero-order valence-electron chi connectivity index (χ0n) is 15.9. The molecule has 0 amide bonds. The van der Waals surface area contributed by atoms with Gasteiger partial charge in [0.15, 0.2) is 0 Å². The van der Waals surface area contributed by atoms with Crippen molar-refractivity contribution in [2.24, 2.45) is 4.99 Å². The van der Waals surface area contributed by atoms with Crippen molar-refractivity contribution in [2.75, 3.05) is 0 Å². The molecule has 29 heavy (non-hydrogen) atoms. The average molecular weight is 518 g/mol. The van der Waals surface area contributed by atoms with Crippen LogP contribution in [0.5, 0.6) is 5.75 Å². The fraction of sp³-hybridized carbons (Fsp3) is 0.136. The summed E-state index contributed by atoms with van der Waals surface area (Å²) >= 11 is 6.96. The molecule has 0 atom stereocenters. The Morgan fingerprint density at radius 1 is 1.07 bits per heavy atom. The summed E-state index contributed by atoms with van der Waals surface area (Å²) in [6.07, 6.45) is 1.68. The number of halogens is 2. The second-order valence-corrected chi connectivity index (χ2v) is 8.29. The highest BCUT2D eigenvalue weighted by Crippen LogP contribution is 2.28. The molecule has 3 aromatic rings. The maximum absolute atomic E-state index is 11.2. The summed E-state index contributed by atoms with van der Waals surface area (Å²) in [6, 6.07) is 16.8. The van der Waals surface area contributed by atoms with Gasteiger partial charge >= 0.3 is 0 Å². The van der Waals surface area contributed by atoms with Gasteiger partial charge < -0.3 is 4.74 Å². The number of ether oxygens (including phenoxy) is 1. The number of aliphatic imine (C=N–C) groups is 1. The van der Waals surface area contributed by atoms with Crippen molar-refractivity contribution in [2.45, 2.75) is 20.5 Å². The number of nitro benzene ring substituents is 1. The maximum Gasteiger partial charge on any atom is 0.274 e. The van der Waals surface area contributed by atoms with Gasteiger partial charge in [0.05, 0.1) is 10.6 Å². The lowest BCUT2D eigenvalue weighted by Crippen LogP contribution is -1.96. The van der Waals surface area contributed by atoms with Crippen LogP contribution >= 0.6 is 31.9 Å². The van der Waals surface area contributed by atoms with E-state index >= 15 is 0 Å². The molecular weight excluding hydrogens is 500 g/mol. The predicted octanol–water partition coefficient (Wildman–Crippen LogP) is 7.07. The zero-order valence-corrected chi connectivity index (χ0v) is 19.0. The van der Waals surface area contributed by atoms with Crippen LogP contribution in [0.1, 0.15) is 22.3 Å². The minimum Gasteiger partial charge on any atom is -0.489 e. The Kier molecular flexibility index (Phi) is 6.82. The van der Waals surface area contributed by atoms with Crippen molar-refractivity contribution in [3.05, 3.63) is 95.9 Å². The van der Waals surface area contributed by atoms with Crippen LogP contribution in [0.2, 0.25) is 0 Å². The van der Waals surface area contributed by atoms with E-state index in [4.69, 9.17) is 4.74 Å². The highest BCUT2D eigenvalue weighted by atomic mass is 79.9. The van der Waals surface area contributed by atoms with Crippen LogP contribution < -0.4 is 4.74 Å². The highest BCUT2D eigenvalue weighted by molar-refractivity contribution is 9.11. The molecule has 0 unspecified atom stereocenters. The first-order chi connectivity index (χ1) is 13.8. The number of hydrogen-bond donors (Lipinski definition) is 0. The smallest absolute Gasteiger partial charge is 0.274 e. The van der Waals surface area contributed by atoms with Crippen molar-refractivity contribution in [3.63, 3.8) is 0 Å². The number of rotatable bonds is 6. The zero-order chi connectivity index (χ0) is 21.0. The first kappa shape index (κ1) is 21.2. The lowest BCUT2D eigenvalue weighted by molar-refractivity contribution is -0.385. The third-order valence-corrected chi connectivity index (χ3v) is 5.71. The largest absolute Gasteiger partial charge is 0.489 e. The summed E-state index contributed by atoms with van der Waals surface area (Å²) in [5.41, 5.74) is 4.07. The van der Waals surface area contributed by atoms with Crippen LogP contribution in [0.15, 0.2) is 68.5 Å². The molecule has 0 aliphatic rings. The molecule has 0 radical (unpaired) electrons. The van der Waals surface area contributed by atoms with E-state index in [-0.39, 0.29) is 10.6 Å². The molecule has 3 aromatic carbocycles. The lowest BCUT2D eigenvalue weighted by Gasteiger charge is -2.08. The molecule has 148 valence electrons. The molecule has 0 N–H and O–H groups in total. The molecule has 0 aliphatic carbocycles. The van der Waals surface area contributed by atoms with Crippen LogP contribution in [-0.4, -0.2) is 11.1 Å². The number of nitro groups is 1. The minimum absolute atomic E-state index is 0.0833. The Morgan fingerprint density at radius 3 is 2.45 bits per heavy atom. The van der Waals surface area contributed by atoms with Crippen molar-refractivity contribution in [1.29, 1.82) is 0 Å². The monoisotopic (exact) mass is 516 g/mol. The third-order valence-electron chi connectivity index (χ3n) is 4.47. The van der Waals surface area contributed by atoms with Crippen LogP contribution in [0.25, 0.3) is 0 Å². The van der Waals surface area contributed by atoms with Gasteiger partial charge in [-0.15, -0.1) is 0 Å². The standard InChI is InChI=1S/C22H18Br2N2O3/c1-14-9-19(11-22(15(14)2)26(27)28)25-12-16-3-7-20(8-4-16)29-13-17-5-6-18(23)10-21(17)24/h3-12H,13H2,1-2H3. The second kappa shape index (κ2) is 9.33. The third kappa shape index (κ3) is 5.52. The van der Waals surface area contributed by atoms with Crippen molar-refractivity contribution < 1.29 is 9.66 Å². The molecule has 0 bridgehead atoms. The number of nitrogens with zero attached hydrogens (tertiary/aromatic N) is 2. The topological polar surface area (TPSA) is 64.7 Å². The quantitative estimate of drug-likeness (QED) is 0.199. The van der Waals surface area contributed by atoms with E-state index in [0.717, 1.165) is 31.4 Å². The van der Waals surface area contributed by atoms with Crippen molar-refractivity contribution in [1.82, 2.24) is 0 Å². The summed E-state index contributed by atoms with van der Waals surface area (Å²) in [7, 11) is 0. The Morgan fingerprint density at radius 2 is 1.79 bits per heavy atom. The molecule has 0 spiro atoms. The van der Waals surface area contributed by atoms with E-state index in [1.807, 2.05) is 55.5 Å². The van der Waals surface area contributed by atoms with Gasteiger partial charge in [0.25, 0.3) is 5.69 Å². The average Bonchev–Trinajstić information content (AvgIpc) is 2.68. The molecule has 7 heteroatoms. The van der Waals surface area contributed by atoms with Crippen LogP contribution in [0.3, 0.4) is 0 Å². The van der Waals surface area contributed by atoms with Crippen LogP contribution in [0, 0.1) is 24.0 Å². The van der Waals surface area contributed by atoms with E-state index in [9.17, 15) is 10.1 Å². The van der Waals surface area contributed by atoms with Gasteiger partial charge in [-0.25, -0.2) is 0 Å². The van der Waals surface area contributed by atoms with Gasteiger partial charge in [-0.05, 0) is 67.4 Å². The minimum atomic E-state index is -0.378. The lowest BCUT2D eigenvalue weighted by atomic mass is 10.1. The molecule has 0 saturated carbocycles. The molecule has 0 heterocycles. The summed E-state index contributed by atoms with van der Waals surface area (Å²) < 4.78 is 7.83. The van der Waals surface area contributed by atoms with E-state index in [1.165, 1.54) is 6.07 Å². The van der Waals surface area contributed by atoms with Gasteiger partial charge in [-0.2, -0.15) is 0 Å². The Hall–Kier alpha value is -2.51. The Balaban J connectivity index is 1.68. The summed E-state index contributed by atoms with van der Waals surface area (Å²) in [4.78, 5) is 15.2. The van der Waals surface area contributed by atoms with E-state index in [0.29, 0.717) is 17.9 Å². The van der Waals surface area contributed by atoms with Crippen LogP contribution in [0.4, 0.5) is 11.4 Å². The molecule has 0 saturated heterocycles. The first-order valence-electron chi connectivity index (χ1n) is 8.80. The molecule has 3 rings (SSSR count). The normalized spacial score (nSPS) is 11.0. The molecule has 0 fully saturated rings. The number of hydrogen-bond acceptors (Lipinski definition) is 4. The fourth-order valence-corrected chi connectivity index (χ4v) is 3.85. The highest BCUT2D eigenvalue weighted by Gasteiger charge is 2.13. The predicted molar refractivity (Wildman–Crippen MR) is 122 cm³/mol. The van der Waals surface area contributed by atoms with Gasteiger partial charge in [0, 0.05) is 32.4 Å². The maximum atomic E-state index is 11.2. The molecule has 5 nitrogen and oxygen atoms in total. The number of aryl methyl sites for hydroxylation is 1. The van der Waals surface area contributed by atoms with Crippen molar-refractivity contribution in [3.8, 4) is 5.75 Å². The molecular formula is C22H18Br2N2O3. The van der Waals surface area contributed by atoms with E-state index < -0.39 is 0 Å². The van der Waals surface area contributed by atoms with Gasteiger partial charge in [0.1, 0.15) is 12.4 Å². The first-order valence-corrected chi connectivity index (χ1v) is 10.4. The van der Waals surface area contributed by atoms with Gasteiger partial charge in [0.2, 0.25) is 0 Å². The second-order valence-electron chi connectivity index (χ2n) is 6.52. The van der Waals surface area contributed by atoms with E-state index in [1.54, 1.807) is 13.1 Å². The number of benzene rings is 3. The van der Waals surface area contributed by atoms with Crippen LogP contribution in [-0.2, 0) is 6.61 Å².